The second kappa shape index (κ2) is 6.80. The van der Waals surface area contributed by atoms with E-state index in [0.29, 0.717) is 10.7 Å². The number of amides is 1. The van der Waals surface area contributed by atoms with Gasteiger partial charge >= 0.3 is 0 Å². The molecule has 0 radical (unpaired) electrons. The van der Waals surface area contributed by atoms with Gasteiger partial charge < -0.3 is 9.64 Å². The Bertz CT molecular complexity index is 948. The summed E-state index contributed by atoms with van der Waals surface area (Å²) in [5.41, 5.74) is 4.78. The summed E-state index contributed by atoms with van der Waals surface area (Å²) < 4.78 is 5.54. The molecule has 1 aliphatic heterocycles. The molecule has 2 heterocycles. The molecule has 1 N–H and O–H groups in total. The molecule has 0 unspecified atom stereocenters. The highest BCUT2D eigenvalue weighted by atomic mass is 32.1. The number of anilines is 2. The maximum absolute atomic E-state index is 12.4. The van der Waals surface area contributed by atoms with Crippen LogP contribution in [0.3, 0.4) is 0 Å². The van der Waals surface area contributed by atoms with Gasteiger partial charge in [0.15, 0.2) is 5.13 Å². The minimum Gasteiger partial charge on any atom is -0.493 e. The molecule has 26 heavy (non-hydrogen) atoms. The zero-order chi connectivity index (χ0) is 18.1. The zero-order valence-corrected chi connectivity index (χ0v) is 15.5. The molecule has 1 aliphatic rings. The quantitative estimate of drug-likeness (QED) is 0.757. The van der Waals surface area contributed by atoms with E-state index in [1.54, 1.807) is 0 Å². The van der Waals surface area contributed by atoms with E-state index in [-0.39, 0.29) is 5.91 Å². The average Bonchev–Trinajstić information content (AvgIpc) is 3.30. The number of aromatic nitrogens is 1. The first-order valence-corrected chi connectivity index (χ1v) is 9.28. The van der Waals surface area contributed by atoms with Crippen molar-refractivity contribution >= 4 is 28.1 Å². The van der Waals surface area contributed by atoms with Crippen molar-refractivity contribution in [3.05, 3.63) is 59.0 Å². The van der Waals surface area contributed by atoms with Crippen LogP contribution < -0.4 is 15.0 Å². The minimum absolute atomic E-state index is 0.154. The van der Waals surface area contributed by atoms with Crippen LogP contribution in [0.15, 0.2) is 47.8 Å². The molecule has 2 aromatic carbocycles. The van der Waals surface area contributed by atoms with Gasteiger partial charge in [-0.3, -0.25) is 10.1 Å². The van der Waals surface area contributed by atoms with Gasteiger partial charge in [0, 0.05) is 42.7 Å². The first-order chi connectivity index (χ1) is 12.6. The fourth-order valence-electron chi connectivity index (χ4n) is 2.89. The van der Waals surface area contributed by atoms with Crippen molar-refractivity contribution in [3.63, 3.8) is 0 Å². The van der Waals surface area contributed by atoms with Crippen molar-refractivity contribution in [2.45, 2.75) is 6.42 Å². The Morgan fingerprint density at radius 3 is 2.77 bits per heavy atom. The van der Waals surface area contributed by atoms with Crippen molar-refractivity contribution < 1.29 is 9.53 Å². The van der Waals surface area contributed by atoms with Crippen molar-refractivity contribution in [1.82, 2.24) is 4.98 Å². The normalized spacial score (nSPS) is 12.4. The van der Waals surface area contributed by atoms with Gasteiger partial charge in [0.1, 0.15) is 5.75 Å². The topological polar surface area (TPSA) is 54.5 Å². The Hall–Kier alpha value is -2.86. The van der Waals surface area contributed by atoms with Crippen LogP contribution in [0.1, 0.15) is 15.9 Å². The lowest BCUT2D eigenvalue weighted by Gasteiger charge is -2.12. The second-order valence-electron chi connectivity index (χ2n) is 6.35. The predicted octanol–water partition coefficient (Wildman–Crippen LogP) is 4.06. The third-order valence-corrected chi connectivity index (χ3v) is 5.11. The smallest absolute Gasteiger partial charge is 0.257 e. The molecule has 0 spiro atoms. The van der Waals surface area contributed by atoms with E-state index in [4.69, 9.17) is 4.74 Å². The molecule has 3 aromatic rings. The number of nitrogens with zero attached hydrogens (tertiary/aromatic N) is 2. The Morgan fingerprint density at radius 1 is 1.19 bits per heavy atom. The predicted molar refractivity (Wildman–Crippen MR) is 105 cm³/mol. The fourth-order valence-corrected chi connectivity index (χ4v) is 3.60. The molecule has 0 aliphatic carbocycles. The Kier molecular flexibility index (Phi) is 4.34. The molecule has 6 heteroatoms. The number of benzene rings is 2. The van der Waals surface area contributed by atoms with E-state index in [1.165, 1.54) is 16.9 Å². The lowest BCUT2D eigenvalue weighted by Crippen LogP contribution is -2.13. The molecule has 0 bridgehead atoms. The maximum Gasteiger partial charge on any atom is 0.257 e. The summed E-state index contributed by atoms with van der Waals surface area (Å²) in [6.07, 6.45) is 0.930. The van der Waals surface area contributed by atoms with Crippen molar-refractivity contribution in [1.29, 1.82) is 0 Å². The molecule has 0 fully saturated rings. The molecule has 132 valence electrons. The number of ether oxygens (including phenoxy) is 1. The van der Waals surface area contributed by atoms with Gasteiger partial charge in [-0.1, -0.05) is 0 Å². The second-order valence-corrected chi connectivity index (χ2v) is 7.21. The van der Waals surface area contributed by atoms with E-state index in [1.807, 2.05) is 60.8 Å². The summed E-state index contributed by atoms with van der Waals surface area (Å²) in [7, 11) is 3.94. The number of thiazole rings is 1. The molecule has 0 atom stereocenters. The lowest BCUT2D eigenvalue weighted by molar-refractivity contribution is 0.102. The van der Waals surface area contributed by atoms with E-state index in [9.17, 15) is 4.79 Å². The molecule has 0 saturated carbocycles. The summed E-state index contributed by atoms with van der Waals surface area (Å²) in [6, 6.07) is 13.6. The number of hydrogen-bond acceptors (Lipinski definition) is 5. The number of carbonyl (C=O) groups excluding carboxylic acids is 1. The van der Waals surface area contributed by atoms with Gasteiger partial charge in [-0.15, -0.1) is 11.3 Å². The number of carbonyl (C=O) groups is 1. The first kappa shape index (κ1) is 16.6. The highest BCUT2D eigenvalue weighted by molar-refractivity contribution is 7.14. The van der Waals surface area contributed by atoms with Crippen LogP contribution in [0, 0.1) is 0 Å². The van der Waals surface area contributed by atoms with Gasteiger partial charge in [0.05, 0.1) is 12.3 Å². The third-order valence-electron chi connectivity index (χ3n) is 4.36. The summed E-state index contributed by atoms with van der Waals surface area (Å²) in [6.45, 7) is 0.740. The highest BCUT2D eigenvalue weighted by Crippen LogP contribution is 2.32. The van der Waals surface area contributed by atoms with Crippen molar-refractivity contribution in [2.75, 3.05) is 30.9 Å². The van der Waals surface area contributed by atoms with Crippen LogP contribution in [0.2, 0.25) is 0 Å². The monoisotopic (exact) mass is 365 g/mol. The lowest BCUT2D eigenvalue weighted by atomic mass is 10.1. The maximum atomic E-state index is 12.4. The number of rotatable bonds is 4. The number of fused-ring (bicyclic) bond motifs is 1. The highest BCUT2D eigenvalue weighted by Gasteiger charge is 2.15. The van der Waals surface area contributed by atoms with Crippen molar-refractivity contribution in [3.8, 4) is 17.0 Å². The van der Waals surface area contributed by atoms with Crippen LogP contribution in [0.5, 0.6) is 5.75 Å². The summed E-state index contributed by atoms with van der Waals surface area (Å²) in [4.78, 5) is 19.0. The SMILES string of the molecule is CN(C)c1ccc(C(=O)Nc2nc(-c3ccc4c(c3)CCO4)cs2)cc1. The van der Waals surface area contributed by atoms with Crippen LogP contribution in [0.4, 0.5) is 10.8 Å². The van der Waals surface area contributed by atoms with Gasteiger partial charge in [-0.05, 0) is 48.0 Å². The molecule has 0 saturated heterocycles. The Balaban J connectivity index is 1.48. The van der Waals surface area contributed by atoms with Crippen LogP contribution in [0.25, 0.3) is 11.3 Å². The average molecular weight is 365 g/mol. The molecule has 1 amide bonds. The number of hydrogen-bond donors (Lipinski definition) is 1. The Morgan fingerprint density at radius 2 is 2.00 bits per heavy atom. The number of nitrogens with one attached hydrogen (secondary N) is 1. The summed E-state index contributed by atoms with van der Waals surface area (Å²) in [5, 5.41) is 5.44. The van der Waals surface area contributed by atoms with Gasteiger partial charge in [0.2, 0.25) is 0 Å². The van der Waals surface area contributed by atoms with E-state index >= 15 is 0 Å². The van der Waals surface area contributed by atoms with E-state index in [2.05, 4.69) is 16.4 Å². The zero-order valence-electron chi connectivity index (χ0n) is 14.7. The minimum atomic E-state index is -0.154. The standard InChI is InChI=1S/C20H19N3O2S/c1-23(2)16-6-3-13(4-7-16)19(24)22-20-21-17(12-26-20)14-5-8-18-15(11-14)9-10-25-18/h3-8,11-12H,9-10H2,1-2H3,(H,21,22,24). The van der Waals surface area contributed by atoms with Gasteiger partial charge in [-0.25, -0.2) is 4.98 Å². The van der Waals surface area contributed by atoms with Crippen molar-refractivity contribution in [2.24, 2.45) is 0 Å². The van der Waals surface area contributed by atoms with Gasteiger partial charge in [0.25, 0.3) is 5.91 Å². The molecular weight excluding hydrogens is 346 g/mol. The van der Waals surface area contributed by atoms with Crippen LogP contribution in [-0.2, 0) is 6.42 Å². The van der Waals surface area contributed by atoms with Gasteiger partial charge in [-0.2, -0.15) is 0 Å². The molecule has 4 rings (SSSR count). The molecule has 5 nitrogen and oxygen atoms in total. The Labute approximate surface area is 156 Å². The van der Waals surface area contributed by atoms with Crippen LogP contribution in [-0.4, -0.2) is 31.6 Å². The van der Waals surface area contributed by atoms with E-state index < -0.39 is 0 Å². The fraction of sp³-hybridized carbons (Fsp3) is 0.200. The largest absolute Gasteiger partial charge is 0.493 e. The first-order valence-electron chi connectivity index (χ1n) is 8.40. The van der Waals surface area contributed by atoms with E-state index in [0.717, 1.165) is 35.7 Å². The summed E-state index contributed by atoms with van der Waals surface area (Å²) >= 11 is 1.43. The molecular formula is C20H19N3O2S. The van der Waals surface area contributed by atoms with Crippen LogP contribution >= 0.6 is 11.3 Å². The third kappa shape index (κ3) is 3.28. The molecule has 1 aromatic heterocycles. The summed E-state index contributed by atoms with van der Waals surface area (Å²) in [5.74, 6) is 0.803.